The van der Waals surface area contributed by atoms with Crippen LogP contribution in [0.3, 0.4) is 0 Å². The molecule has 4 heteroatoms. The van der Waals surface area contributed by atoms with Crippen LogP contribution in [0.2, 0.25) is 0 Å². The average Bonchev–Trinajstić information content (AvgIpc) is 2.80. The van der Waals surface area contributed by atoms with Gasteiger partial charge >= 0.3 is 5.97 Å². The normalized spacial score (nSPS) is 18.5. The lowest BCUT2D eigenvalue weighted by molar-refractivity contribution is -0.151. The Balaban J connectivity index is 2.43. The number of rotatable bonds is 9. The molecule has 23 heavy (non-hydrogen) atoms. The van der Waals surface area contributed by atoms with Crippen LogP contribution in [0.15, 0.2) is 46.6 Å². The van der Waals surface area contributed by atoms with E-state index in [-0.39, 0.29) is 0 Å². The number of carbonyl (C=O) groups is 2. The lowest BCUT2D eigenvalue weighted by Crippen LogP contribution is -2.09. The zero-order chi connectivity index (χ0) is 17.2. The van der Waals surface area contributed by atoms with Crippen molar-refractivity contribution >= 4 is 12.3 Å². The van der Waals surface area contributed by atoms with Crippen LogP contribution in [0, 0.1) is 0 Å². The fraction of sp³-hybridized carbons (Fsp3) is 0.474. The number of esters is 1. The summed E-state index contributed by atoms with van der Waals surface area (Å²) >= 11 is 0. The van der Waals surface area contributed by atoms with Gasteiger partial charge in [-0.15, -0.1) is 0 Å². The number of carbonyl (C=O) groups excluding carboxylic acids is 2. The van der Waals surface area contributed by atoms with Crippen molar-refractivity contribution in [2.24, 2.45) is 0 Å². The minimum Gasteiger partial charge on any atom is -0.429 e. The Hall–Kier alpha value is -1.94. The highest BCUT2D eigenvalue weighted by Gasteiger charge is 2.22. The highest BCUT2D eigenvalue weighted by Crippen LogP contribution is 2.19. The van der Waals surface area contributed by atoms with Gasteiger partial charge in [0.05, 0.1) is 0 Å². The molecule has 0 saturated carbocycles. The molecule has 0 aromatic rings. The Morgan fingerprint density at radius 3 is 2.43 bits per heavy atom. The minimum absolute atomic E-state index is 0.351. The SMILES string of the molecule is CC(C)=CCC/C(C)=C/CC/C(C=O)=C\CC1=CC(=O)OC1O. The Morgan fingerprint density at radius 1 is 1.17 bits per heavy atom. The van der Waals surface area contributed by atoms with Crippen LogP contribution in [-0.4, -0.2) is 23.7 Å². The Labute approximate surface area is 138 Å². The molecule has 1 heterocycles. The third-order valence-electron chi connectivity index (χ3n) is 3.62. The summed E-state index contributed by atoms with van der Waals surface area (Å²) in [6.45, 7) is 6.29. The van der Waals surface area contributed by atoms with Crippen molar-refractivity contribution in [2.75, 3.05) is 0 Å². The number of cyclic esters (lactones) is 1. The summed E-state index contributed by atoms with van der Waals surface area (Å²) in [5.74, 6) is -0.538. The topological polar surface area (TPSA) is 63.6 Å². The van der Waals surface area contributed by atoms with Gasteiger partial charge in [0, 0.05) is 11.6 Å². The molecule has 0 saturated heterocycles. The molecule has 0 aromatic heterocycles. The van der Waals surface area contributed by atoms with Crippen LogP contribution in [0.25, 0.3) is 0 Å². The molecule has 0 radical (unpaired) electrons. The zero-order valence-corrected chi connectivity index (χ0v) is 14.2. The molecule has 0 fully saturated rings. The summed E-state index contributed by atoms with van der Waals surface area (Å²) in [7, 11) is 0. The van der Waals surface area contributed by atoms with Gasteiger partial charge in [-0.2, -0.15) is 0 Å². The molecule has 0 aromatic carbocycles. The molecule has 0 bridgehead atoms. The summed E-state index contributed by atoms with van der Waals surface area (Å²) in [5.41, 5.74) is 3.81. The van der Waals surface area contributed by atoms with Gasteiger partial charge in [-0.3, -0.25) is 4.79 Å². The van der Waals surface area contributed by atoms with Crippen LogP contribution in [0.5, 0.6) is 0 Å². The fourth-order valence-electron chi connectivity index (χ4n) is 2.24. The van der Waals surface area contributed by atoms with E-state index in [0.717, 1.165) is 25.5 Å². The van der Waals surface area contributed by atoms with Crippen LogP contribution in [0.4, 0.5) is 0 Å². The molecule has 0 amide bonds. The number of hydrogen-bond donors (Lipinski definition) is 1. The molecule has 1 rings (SSSR count). The van der Waals surface area contributed by atoms with E-state index in [1.165, 1.54) is 17.2 Å². The van der Waals surface area contributed by atoms with Crippen LogP contribution < -0.4 is 0 Å². The first-order valence-electron chi connectivity index (χ1n) is 7.94. The fourth-order valence-corrected chi connectivity index (χ4v) is 2.24. The average molecular weight is 318 g/mol. The number of aliphatic hydroxyl groups excluding tert-OH is 1. The summed E-state index contributed by atoms with van der Waals surface area (Å²) < 4.78 is 4.60. The van der Waals surface area contributed by atoms with E-state index in [1.807, 2.05) is 0 Å². The smallest absolute Gasteiger partial charge is 0.333 e. The van der Waals surface area contributed by atoms with E-state index in [2.05, 4.69) is 37.7 Å². The van der Waals surface area contributed by atoms with Crippen molar-refractivity contribution in [3.05, 3.63) is 46.6 Å². The van der Waals surface area contributed by atoms with E-state index in [4.69, 9.17) is 0 Å². The first kappa shape index (κ1) is 19.1. The molecular weight excluding hydrogens is 292 g/mol. The number of hydrogen-bond acceptors (Lipinski definition) is 4. The van der Waals surface area contributed by atoms with Crippen molar-refractivity contribution in [3.63, 3.8) is 0 Å². The van der Waals surface area contributed by atoms with E-state index in [9.17, 15) is 14.7 Å². The Bertz CT molecular complexity index is 546. The minimum atomic E-state index is -1.18. The molecule has 1 N–H and O–H groups in total. The van der Waals surface area contributed by atoms with Gasteiger partial charge in [-0.05, 0) is 58.4 Å². The van der Waals surface area contributed by atoms with E-state index < -0.39 is 12.3 Å². The van der Waals surface area contributed by atoms with E-state index in [0.29, 0.717) is 24.0 Å². The maximum absolute atomic E-state index is 11.1. The summed E-state index contributed by atoms with van der Waals surface area (Å²) in [6.07, 6.45) is 10.9. The Kier molecular flexibility index (Phi) is 8.27. The van der Waals surface area contributed by atoms with E-state index >= 15 is 0 Å². The predicted octanol–water partition coefficient (Wildman–Crippen LogP) is 3.78. The third kappa shape index (κ3) is 7.75. The second-order valence-corrected chi connectivity index (χ2v) is 6.02. The van der Waals surface area contributed by atoms with E-state index in [1.54, 1.807) is 6.08 Å². The standard InChI is InChI=1S/C19H26O4/c1-14(2)6-4-7-15(3)8-5-9-16(13-20)10-11-17-12-18(21)23-19(17)22/h6,8,10,12-13,19,22H,4-5,7,9,11H2,1-3H3/b15-8+,16-10+. The zero-order valence-electron chi connectivity index (χ0n) is 14.2. The molecule has 126 valence electrons. The maximum atomic E-state index is 11.1. The van der Waals surface area contributed by atoms with Crippen molar-refractivity contribution in [1.82, 2.24) is 0 Å². The van der Waals surface area contributed by atoms with Gasteiger partial charge in [0.15, 0.2) is 0 Å². The molecule has 1 aliphatic heterocycles. The van der Waals surface area contributed by atoms with Gasteiger partial charge in [-0.1, -0.05) is 29.4 Å². The second kappa shape index (κ2) is 9.95. The molecular formula is C19H26O4. The van der Waals surface area contributed by atoms with Gasteiger partial charge in [0.25, 0.3) is 0 Å². The van der Waals surface area contributed by atoms with Gasteiger partial charge in [-0.25, -0.2) is 4.79 Å². The highest BCUT2D eigenvalue weighted by molar-refractivity contribution is 5.85. The number of ether oxygens (including phenoxy) is 1. The van der Waals surface area contributed by atoms with Crippen molar-refractivity contribution in [2.45, 2.75) is 59.2 Å². The Morgan fingerprint density at radius 2 is 1.87 bits per heavy atom. The van der Waals surface area contributed by atoms with Crippen molar-refractivity contribution < 1.29 is 19.4 Å². The van der Waals surface area contributed by atoms with Gasteiger partial charge in [0.1, 0.15) is 6.29 Å². The lowest BCUT2D eigenvalue weighted by Gasteiger charge is -2.05. The monoisotopic (exact) mass is 318 g/mol. The van der Waals surface area contributed by atoms with Gasteiger partial charge in [0.2, 0.25) is 6.29 Å². The predicted molar refractivity (Wildman–Crippen MR) is 90.6 cm³/mol. The summed E-state index contributed by atoms with van der Waals surface area (Å²) in [6, 6.07) is 0. The first-order valence-corrected chi connectivity index (χ1v) is 7.94. The number of aliphatic hydroxyl groups is 1. The number of aldehydes is 1. The first-order chi connectivity index (χ1) is 10.9. The van der Waals surface area contributed by atoms with Crippen molar-refractivity contribution in [3.8, 4) is 0 Å². The molecule has 1 unspecified atom stereocenters. The van der Waals surface area contributed by atoms with Crippen LogP contribution in [0.1, 0.15) is 52.9 Å². The van der Waals surface area contributed by atoms with Crippen molar-refractivity contribution in [1.29, 1.82) is 0 Å². The lowest BCUT2D eigenvalue weighted by atomic mass is 10.0. The largest absolute Gasteiger partial charge is 0.429 e. The summed E-state index contributed by atoms with van der Waals surface area (Å²) in [4.78, 5) is 22.1. The maximum Gasteiger partial charge on any atom is 0.333 e. The highest BCUT2D eigenvalue weighted by atomic mass is 16.6. The molecule has 0 spiro atoms. The molecule has 1 aliphatic rings. The third-order valence-corrected chi connectivity index (χ3v) is 3.62. The van der Waals surface area contributed by atoms with Crippen LogP contribution >= 0.6 is 0 Å². The molecule has 4 nitrogen and oxygen atoms in total. The molecule has 1 atom stereocenters. The number of allylic oxidation sites excluding steroid dienone is 6. The quantitative estimate of drug-likeness (QED) is 0.304. The van der Waals surface area contributed by atoms with Crippen LogP contribution in [-0.2, 0) is 14.3 Å². The summed E-state index contributed by atoms with van der Waals surface area (Å²) in [5, 5.41) is 9.47. The van der Waals surface area contributed by atoms with Gasteiger partial charge < -0.3 is 9.84 Å². The molecule has 0 aliphatic carbocycles. The second-order valence-electron chi connectivity index (χ2n) is 6.02.